The molecule has 0 spiro atoms. The zero-order valence-corrected chi connectivity index (χ0v) is 18.2. The molecule has 3 N–H and O–H groups in total. The van der Waals surface area contributed by atoms with Gasteiger partial charge in [0, 0.05) is 36.9 Å². The van der Waals surface area contributed by atoms with Gasteiger partial charge in [0.1, 0.15) is 0 Å². The number of hydrogen-bond donors (Lipinski definition) is 3. The van der Waals surface area contributed by atoms with Gasteiger partial charge in [-0.05, 0) is 30.2 Å². The van der Waals surface area contributed by atoms with Gasteiger partial charge in [-0.3, -0.25) is 9.59 Å². The molecule has 168 valence electrons. The second-order valence-electron chi connectivity index (χ2n) is 8.29. The first-order chi connectivity index (χ1) is 15.5. The molecule has 1 fully saturated rings. The van der Waals surface area contributed by atoms with Gasteiger partial charge in [0.05, 0.1) is 18.8 Å². The number of nitrogens with one attached hydrogen (secondary N) is 1. The molecule has 32 heavy (non-hydrogen) atoms. The first kappa shape index (κ1) is 22.2. The zero-order chi connectivity index (χ0) is 22.7. The number of aliphatic hydroxyl groups excluding tert-OH is 1. The highest BCUT2D eigenvalue weighted by atomic mass is 16.3. The molecule has 0 aromatic heterocycles. The molecule has 2 aliphatic rings. The number of benzene rings is 2. The number of rotatable bonds is 7. The number of hydrogen-bond acceptors (Lipinski definition) is 5. The molecule has 7 heteroatoms. The standard InChI is InChI=1S/C25H29N3O4/c1-18(6-4-5-15-29)25(32)21-7-2-3-8-22(21)28(24(25)31)17-19-9-11-20(12-10-19)27-14-13-26-16-23(27)30/h2-4,6-12,18,26,29,32H,5,13-17H2,1H3/b6-4+/t18-,25+/m0/s1. The maximum Gasteiger partial charge on any atom is 0.264 e. The number of anilines is 2. The lowest BCUT2D eigenvalue weighted by Crippen LogP contribution is -2.48. The second-order valence-corrected chi connectivity index (χ2v) is 8.29. The number of carbonyl (C=O) groups is 2. The summed E-state index contributed by atoms with van der Waals surface area (Å²) in [7, 11) is 0. The Morgan fingerprint density at radius 2 is 1.91 bits per heavy atom. The fourth-order valence-corrected chi connectivity index (χ4v) is 4.42. The monoisotopic (exact) mass is 435 g/mol. The van der Waals surface area contributed by atoms with Crippen molar-refractivity contribution in [3.63, 3.8) is 0 Å². The highest BCUT2D eigenvalue weighted by molar-refractivity contribution is 6.07. The third-order valence-electron chi connectivity index (χ3n) is 6.23. The number of amides is 2. The van der Waals surface area contributed by atoms with Gasteiger partial charge in [0.2, 0.25) is 5.91 Å². The minimum Gasteiger partial charge on any atom is -0.396 e. The van der Waals surface area contributed by atoms with Crippen LogP contribution in [0.3, 0.4) is 0 Å². The lowest BCUT2D eigenvalue weighted by Gasteiger charge is -2.28. The third kappa shape index (κ3) is 3.95. The molecule has 4 rings (SSSR count). The van der Waals surface area contributed by atoms with Gasteiger partial charge >= 0.3 is 0 Å². The van der Waals surface area contributed by atoms with Crippen LogP contribution in [0.2, 0.25) is 0 Å². The van der Waals surface area contributed by atoms with Crippen LogP contribution >= 0.6 is 0 Å². The van der Waals surface area contributed by atoms with Crippen LogP contribution < -0.4 is 15.1 Å². The number of carbonyl (C=O) groups excluding carboxylic acids is 2. The summed E-state index contributed by atoms with van der Waals surface area (Å²) < 4.78 is 0. The van der Waals surface area contributed by atoms with Gasteiger partial charge in [-0.25, -0.2) is 0 Å². The number of fused-ring (bicyclic) bond motifs is 1. The first-order valence-corrected chi connectivity index (χ1v) is 11.0. The highest BCUT2D eigenvalue weighted by Crippen LogP contribution is 2.45. The highest BCUT2D eigenvalue weighted by Gasteiger charge is 2.52. The Labute approximate surface area is 188 Å². The van der Waals surface area contributed by atoms with E-state index in [1.165, 1.54) is 0 Å². The number of aliphatic hydroxyl groups is 2. The van der Waals surface area contributed by atoms with E-state index in [0.717, 1.165) is 17.8 Å². The maximum absolute atomic E-state index is 13.5. The van der Waals surface area contributed by atoms with Crippen LogP contribution in [0.5, 0.6) is 0 Å². The average molecular weight is 436 g/mol. The van der Waals surface area contributed by atoms with Crippen LogP contribution in [0.4, 0.5) is 11.4 Å². The summed E-state index contributed by atoms with van der Waals surface area (Å²) >= 11 is 0. The molecule has 2 aromatic rings. The Balaban J connectivity index is 1.58. The zero-order valence-electron chi connectivity index (χ0n) is 18.2. The van der Waals surface area contributed by atoms with E-state index in [2.05, 4.69) is 5.32 Å². The molecular weight excluding hydrogens is 406 g/mol. The van der Waals surface area contributed by atoms with Gasteiger partial charge < -0.3 is 25.3 Å². The quantitative estimate of drug-likeness (QED) is 0.578. The van der Waals surface area contributed by atoms with Crippen molar-refractivity contribution >= 4 is 23.2 Å². The second kappa shape index (κ2) is 9.24. The van der Waals surface area contributed by atoms with Crippen molar-refractivity contribution < 1.29 is 19.8 Å². The number of nitrogens with zero attached hydrogens (tertiary/aromatic N) is 2. The van der Waals surface area contributed by atoms with Gasteiger partial charge in [0.15, 0.2) is 5.60 Å². The van der Waals surface area contributed by atoms with Crippen LogP contribution in [-0.2, 0) is 21.7 Å². The minimum absolute atomic E-state index is 0.0217. The predicted molar refractivity (Wildman–Crippen MR) is 123 cm³/mol. The molecule has 2 amide bonds. The van der Waals surface area contributed by atoms with Crippen molar-refractivity contribution in [1.82, 2.24) is 5.32 Å². The maximum atomic E-state index is 13.5. The normalized spacial score (nSPS) is 22.0. The van der Waals surface area contributed by atoms with E-state index in [0.29, 0.717) is 37.3 Å². The summed E-state index contributed by atoms with van der Waals surface area (Å²) in [5.41, 5.74) is 1.38. The van der Waals surface area contributed by atoms with E-state index >= 15 is 0 Å². The van der Waals surface area contributed by atoms with E-state index < -0.39 is 11.5 Å². The summed E-state index contributed by atoms with van der Waals surface area (Å²) in [5.74, 6) is -0.768. The largest absolute Gasteiger partial charge is 0.396 e. The Morgan fingerprint density at radius 3 is 2.62 bits per heavy atom. The van der Waals surface area contributed by atoms with E-state index in [9.17, 15) is 14.7 Å². The number of piperazine rings is 1. The molecule has 7 nitrogen and oxygen atoms in total. The summed E-state index contributed by atoms with van der Waals surface area (Å²) in [5, 5.41) is 23.6. The summed E-state index contributed by atoms with van der Waals surface area (Å²) in [6.07, 6.45) is 4.05. The molecular formula is C25H29N3O4. The summed E-state index contributed by atoms with van der Waals surface area (Å²) in [4.78, 5) is 29.0. The topological polar surface area (TPSA) is 93.1 Å². The Hall–Kier alpha value is -3.00. The number of para-hydroxylation sites is 1. The molecule has 2 atom stereocenters. The van der Waals surface area contributed by atoms with Crippen molar-refractivity contribution in [2.24, 2.45) is 5.92 Å². The first-order valence-electron chi connectivity index (χ1n) is 11.0. The van der Waals surface area contributed by atoms with Crippen LogP contribution in [0.1, 0.15) is 24.5 Å². The molecule has 0 radical (unpaired) electrons. The van der Waals surface area contributed by atoms with Crippen molar-refractivity contribution in [2.75, 3.05) is 36.0 Å². The van der Waals surface area contributed by atoms with E-state index in [4.69, 9.17) is 5.11 Å². The van der Waals surface area contributed by atoms with E-state index in [1.807, 2.05) is 49.4 Å². The minimum atomic E-state index is -1.66. The Morgan fingerprint density at radius 1 is 1.16 bits per heavy atom. The van der Waals surface area contributed by atoms with Crippen LogP contribution in [0, 0.1) is 5.92 Å². The Kier molecular flexibility index (Phi) is 6.41. The lowest BCUT2D eigenvalue weighted by molar-refractivity contribution is -0.139. The van der Waals surface area contributed by atoms with Crippen molar-refractivity contribution in [3.05, 3.63) is 71.8 Å². The third-order valence-corrected chi connectivity index (χ3v) is 6.23. The van der Waals surface area contributed by atoms with Gasteiger partial charge in [-0.2, -0.15) is 0 Å². The van der Waals surface area contributed by atoms with Crippen molar-refractivity contribution in [3.8, 4) is 0 Å². The molecule has 1 saturated heterocycles. The van der Waals surface area contributed by atoms with E-state index in [1.54, 1.807) is 28.0 Å². The summed E-state index contributed by atoms with van der Waals surface area (Å²) in [6.45, 7) is 3.88. The van der Waals surface area contributed by atoms with Crippen molar-refractivity contribution in [2.45, 2.75) is 25.5 Å². The summed E-state index contributed by atoms with van der Waals surface area (Å²) in [6, 6.07) is 15.0. The van der Waals surface area contributed by atoms with Crippen LogP contribution in [0.15, 0.2) is 60.7 Å². The van der Waals surface area contributed by atoms with Crippen LogP contribution in [-0.4, -0.2) is 48.3 Å². The molecule has 0 bridgehead atoms. The van der Waals surface area contributed by atoms with Gasteiger partial charge in [-0.15, -0.1) is 0 Å². The van der Waals surface area contributed by atoms with E-state index in [-0.39, 0.29) is 18.4 Å². The fourth-order valence-electron chi connectivity index (χ4n) is 4.42. The SMILES string of the molecule is C[C@@H](/C=C/CCO)[C@]1(O)C(=O)N(Cc2ccc(N3CCNCC3=O)cc2)c2ccccc21. The van der Waals surface area contributed by atoms with Crippen molar-refractivity contribution in [1.29, 1.82) is 0 Å². The molecule has 2 aromatic carbocycles. The van der Waals surface area contributed by atoms with Crippen LogP contribution in [0.25, 0.3) is 0 Å². The average Bonchev–Trinajstić information content (AvgIpc) is 3.03. The molecule has 2 aliphatic heterocycles. The Bertz CT molecular complexity index is 1020. The smallest absolute Gasteiger partial charge is 0.264 e. The molecule has 2 heterocycles. The fraction of sp³-hybridized carbons (Fsp3) is 0.360. The predicted octanol–water partition coefficient (Wildman–Crippen LogP) is 1.93. The van der Waals surface area contributed by atoms with Gasteiger partial charge in [0.25, 0.3) is 5.91 Å². The molecule has 0 aliphatic carbocycles. The van der Waals surface area contributed by atoms with Gasteiger partial charge in [-0.1, -0.05) is 49.4 Å². The molecule has 0 saturated carbocycles. The molecule has 0 unspecified atom stereocenters. The lowest BCUT2D eigenvalue weighted by atomic mass is 9.83.